The summed E-state index contributed by atoms with van der Waals surface area (Å²) in [6, 6.07) is 3.64. The predicted octanol–water partition coefficient (Wildman–Crippen LogP) is 3.53. The quantitative estimate of drug-likeness (QED) is 0.742. The summed E-state index contributed by atoms with van der Waals surface area (Å²) in [5, 5.41) is 0.507. The van der Waals surface area contributed by atoms with Crippen molar-refractivity contribution in [3.8, 4) is 5.75 Å². The molecule has 1 aromatic rings. The molecule has 0 unspecified atom stereocenters. The van der Waals surface area contributed by atoms with Crippen LogP contribution in [0.3, 0.4) is 0 Å². The van der Waals surface area contributed by atoms with E-state index in [1.165, 1.54) is 0 Å². The van der Waals surface area contributed by atoms with Crippen LogP contribution in [0.1, 0.15) is 5.56 Å². The molecular weight excluding hydrogens is 253 g/mol. The van der Waals surface area contributed by atoms with Crippen molar-refractivity contribution in [3.63, 3.8) is 0 Å². The molecule has 0 amide bonds. The molecule has 1 aromatic carbocycles. The Morgan fingerprint density at radius 3 is 2.85 bits per heavy atom. The van der Waals surface area contributed by atoms with E-state index >= 15 is 0 Å². The molecule has 0 aliphatic carbocycles. The Morgan fingerprint density at radius 1 is 1.62 bits per heavy atom. The molecule has 0 aliphatic heterocycles. The standard InChI is InChI=1S/C9H7BrClNO/c1-12-5-6-3-4-7(10)9(13-2)8(6)11/h3-4H,5H2,2H3. The molecule has 0 aromatic heterocycles. The average Bonchev–Trinajstić information content (AvgIpc) is 2.11. The van der Waals surface area contributed by atoms with Crippen LogP contribution in [0.25, 0.3) is 4.85 Å². The highest BCUT2D eigenvalue weighted by Gasteiger charge is 2.11. The third kappa shape index (κ3) is 2.15. The summed E-state index contributed by atoms with van der Waals surface area (Å²) < 4.78 is 5.88. The van der Waals surface area contributed by atoms with Crippen LogP contribution in [-0.4, -0.2) is 7.11 Å². The first-order valence-corrected chi connectivity index (χ1v) is 4.72. The first-order valence-electron chi connectivity index (χ1n) is 3.54. The van der Waals surface area contributed by atoms with Crippen LogP contribution in [0.2, 0.25) is 5.02 Å². The van der Waals surface area contributed by atoms with Crippen molar-refractivity contribution in [2.75, 3.05) is 7.11 Å². The maximum absolute atomic E-state index is 6.73. The minimum Gasteiger partial charge on any atom is -0.494 e. The minimum absolute atomic E-state index is 0.280. The first kappa shape index (κ1) is 10.4. The SMILES string of the molecule is [C-]#[N+]Cc1ccc(Br)c(OC)c1Cl. The summed E-state index contributed by atoms with van der Waals surface area (Å²) in [5.74, 6) is 0.586. The van der Waals surface area contributed by atoms with Crippen molar-refractivity contribution in [2.24, 2.45) is 0 Å². The third-order valence-electron chi connectivity index (χ3n) is 1.58. The van der Waals surface area contributed by atoms with Gasteiger partial charge in [-0.2, -0.15) is 0 Å². The van der Waals surface area contributed by atoms with E-state index < -0.39 is 0 Å². The monoisotopic (exact) mass is 259 g/mol. The van der Waals surface area contributed by atoms with Crippen LogP contribution in [0.4, 0.5) is 0 Å². The van der Waals surface area contributed by atoms with Gasteiger partial charge in [-0.15, -0.1) is 0 Å². The van der Waals surface area contributed by atoms with Crippen molar-refractivity contribution in [3.05, 3.63) is 38.6 Å². The Labute approximate surface area is 90.4 Å². The molecule has 0 saturated carbocycles. The summed E-state index contributed by atoms with van der Waals surface area (Å²) in [6.45, 7) is 7.01. The maximum Gasteiger partial charge on any atom is 0.241 e. The lowest BCUT2D eigenvalue weighted by Crippen LogP contribution is -1.90. The molecule has 2 nitrogen and oxygen atoms in total. The van der Waals surface area contributed by atoms with Crippen molar-refractivity contribution < 1.29 is 4.74 Å². The smallest absolute Gasteiger partial charge is 0.241 e. The van der Waals surface area contributed by atoms with Crippen molar-refractivity contribution in [2.45, 2.75) is 6.54 Å². The Hall–Kier alpha value is -0.720. The number of benzene rings is 1. The van der Waals surface area contributed by atoms with Crippen molar-refractivity contribution in [1.29, 1.82) is 0 Å². The largest absolute Gasteiger partial charge is 0.494 e. The van der Waals surface area contributed by atoms with E-state index in [2.05, 4.69) is 20.8 Å². The molecule has 0 aliphatic rings. The first-order chi connectivity index (χ1) is 6.20. The molecule has 0 fully saturated rings. The molecule has 0 atom stereocenters. The molecule has 0 radical (unpaired) electrons. The van der Waals surface area contributed by atoms with Crippen molar-refractivity contribution >= 4 is 27.5 Å². The Kier molecular flexibility index (Phi) is 3.58. The molecule has 0 spiro atoms. The summed E-state index contributed by atoms with van der Waals surface area (Å²) >= 11 is 9.30. The molecule has 0 heterocycles. The molecule has 0 N–H and O–H groups in total. The second-order valence-electron chi connectivity index (χ2n) is 2.37. The number of hydrogen-bond acceptors (Lipinski definition) is 1. The topological polar surface area (TPSA) is 13.6 Å². The average molecular weight is 261 g/mol. The van der Waals surface area contributed by atoms with Gasteiger partial charge >= 0.3 is 0 Å². The number of rotatable bonds is 2. The zero-order valence-electron chi connectivity index (χ0n) is 6.97. The summed E-state index contributed by atoms with van der Waals surface area (Å²) in [6.07, 6.45) is 0. The van der Waals surface area contributed by atoms with E-state index in [4.69, 9.17) is 22.9 Å². The van der Waals surface area contributed by atoms with Gasteiger partial charge in [0.2, 0.25) is 6.54 Å². The minimum atomic E-state index is 0.280. The zero-order chi connectivity index (χ0) is 9.84. The number of hydrogen-bond donors (Lipinski definition) is 0. The highest BCUT2D eigenvalue weighted by Crippen LogP contribution is 2.35. The predicted molar refractivity (Wildman–Crippen MR) is 56.0 cm³/mol. The Bertz CT molecular complexity index is 359. The van der Waals surface area contributed by atoms with E-state index in [-0.39, 0.29) is 6.54 Å². The molecule has 1 rings (SSSR count). The van der Waals surface area contributed by atoms with E-state index in [1.807, 2.05) is 12.1 Å². The fourth-order valence-electron chi connectivity index (χ4n) is 0.968. The summed E-state index contributed by atoms with van der Waals surface area (Å²) in [4.78, 5) is 3.27. The van der Waals surface area contributed by atoms with Crippen molar-refractivity contribution in [1.82, 2.24) is 0 Å². The van der Waals surface area contributed by atoms with Gasteiger partial charge in [0.1, 0.15) is 0 Å². The Balaban J connectivity index is 3.21. The second-order valence-corrected chi connectivity index (χ2v) is 3.60. The van der Waals surface area contributed by atoms with Crippen LogP contribution < -0.4 is 4.74 Å². The van der Waals surface area contributed by atoms with Crippen LogP contribution in [0.5, 0.6) is 5.75 Å². The lowest BCUT2D eigenvalue weighted by molar-refractivity contribution is 0.412. The lowest BCUT2D eigenvalue weighted by Gasteiger charge is -2.06. The van der Waals surface area contributed by atoms with E-state index in [9.17, 15) is 0 Å². The fourth-order valence-corrected chi connectivity index (χ4v) is 1.88. The van der Waals surface area contributed by atoms with Crippen LogP contribution in [0, 0.1) is 6.57 Å². The van der Waals surface area contributed by atoms with E-state index in [0.29, 0.717) is 10.8 Å². The molecule has 68 valence electrons. The molecule has 13 heavy (non-hydrogen) atoms. The van der Waals surface area contributed by atoms with Gasteiger partial charge in [0.05, 0.1) is 22.2 Å². The van der Waals surface area contributed by atoms with E-state index in [1.54, 1.807) is 7.11 Å². The van der Waals surface area contributed by atoms with Gasteiger partial charge in [-0.1, -0.05) is 11.6 Å². The van der Waals surface area contributed by atoms with Gasteiger partial charge in [-0.25, -0.2) is 6.57 Å². The zero-order valence-corrected chi connectivity index (χ0v) is 9.32. The number of methoxy groups -OCH3 is 1. The summed E-state index contributed by atoms with van der Waals surface area (Å²) in [5.41, 5.74) is 0.789. The van der Waals surface area contributed by atoms with Gasteiger partial charge in [-0.3, -0.25) is 0 Å². The van der Waals surface area contributed by atoms with Crippen LogP contribution >= 0.6 is 27.5 Å². The van der Waals surface area contributed by atoms with Crippen LogP contribution in [0.15, 0.2) is 16.6 Å². The molecule has 0 bridgehead atoms. The van der Waals surface area contributed by atoms with Gasteiger partial charge in [-0.05, 0) is 28.1 Å². The number of nitrogens with zero attached hydrogens (tertiary/aromatic N) is 1. The normalized spacial score (nSPS) is 9.38. The molecule has 0 saturated heterocycles. The summed E-state index contributed by atoms with van der Waals surface area (Å²) in [7, 11) is 1.55. The highest BCUT2D eigenvalue weighted by molar-refractivity contribution is 9.10. The number of halogens is 2. The van der Waals surface area contributed by atoms with Gasteiger partial charge in [0.15, 0.2) is 5.75 Å². The van der Waals surface area contributed by atoms with Gasteiger partial charge in [0.25, 0.3) is 0 Å². The maximum atomic E-state index is 6.73. The highest BCUT2D eigenvalue weighted by atomic mass is 79.9. The molecular formula is C9H7BrClNO. The third-order valence-corrected chi connectivity index (χ3v) is 2.62. The van der Waals surface area contributed by atoms with E-state index in [0.717, 1.165) is 10.0 Å². The van der Waals surface area contributed by atoms with Gasteiger partial charge < -0.3 is 9.58 Å². The van der Waals surface area contributed by atoms with Gasteiger partial charge in [0, 0.05) is 0 Å². The Morgan fingerprint density at radius 2 is 2.31 bits per heavy atom. The molecule has 4 heteroatoms. The fraction of sp³-hybridized carbons (Fsp3) is 0.222. The second kappa shape index (κ2) is 4.50. The number of ether oxygens (including phenoxy) is 1. The lowest BCUT2D eigenvalue weighted by atomic mass is 10.2. The van der Waals surface area contributed by atoms with Crippen LogP contribution in [-0.2, 0) is 6.54 Å².